The van der Waals surface area contributed by atoms with Crippen LogP contribution in [0.5, 0.6) is 0 Å². The Bertz CT molecular complexity index is 706. The molecule has 0 aliphatic carbocycles. The lowest BCUT2D eigenvalue weighted by Gasteiger charge is -2.16. The number of halogens is 3. The second-order valence-electron chi connectivity index (χ2n) is 4.41. The second kappa shape index (κ2) is 6.26. The first-order valence-electron chi connectivity index (χ1n) is 6.20. The van der Waals surface area contributed by atoms with E-state index in [1.54, 1.807) is 0 Å². The monoisotopic (exact) mass is 305 g/mol. The van der Waals surface area contributed by atoms with E-state index in [0.29, 0.717) is 11.3 Å². The Kier molecular flexibility index (Phi) is 4.41. The van der Waals surface area contributed by atoms with Gasteiger partial charge in [-0.15, -0.1) is 0 Å². The smallest absolute Gasteiger partial charge is 0.345 e. The van der Waals surface area contributed by atoms with Crippen molar-refractivity contribution in [2.75, 3.05) is 0 Å². The quantitative estimate of drug-likeness (QED) is 0.944. The van der Waals surface area contributed by atoms with E-state index in [4.69, 9.17) is 5.26 Å². The topological polar surface area (TPSA) is 65.8 Å². The predicted octanol–water partition coefficient (Wildman–Crippen LogP) is 2.50. The Morgan fingerprint density at radius 2 is 1.91 bits per heavy atom. The van der Waals surface area contributed by atoms with Gasteiger partial charge in [-0.1, -0.05) is 0 Å². The molecule has 0 aliphatic rings. The van der Waals surface area contributed by atoms with E-state index in [1.165, 1.54) is 18.3 Å². The van der Waals surface area contributed by atoms with Crippen LogP contribution in [0.3, 0.4) is 0 Å². The van der Waals surface area contributed by atoms with Crippen LogP contribution >= 0.6 is 0 Å². The van der Waals surface area contributed by atoms with E-state index in [9.17, 15) is 18.0 Å². The number of alkyl halides is 2. The van der Waals surface area contributed by atoms with E-state index in [1.807, 2.05) is 6.07 Å². The molecule has 4 nitrogen and oxygen atoms in total. The number of hydrogen-bond acceptors (Lipinski definition) is 3. The Labute approximate surface area is 124 Å². The van der Waals surface area contributed by atoms with E-state index in [-0.39, 0.29) is 6.54 Å². The second-order valence-corrected chi connectivity index (χ2v) is 4.41. The number of benzene rings is 1. The number of aromatic nitrogens is 1. The predicted molar refractivity (Wildman–Crippen MR) is 71.1 cm³/mol. The van der Waals surface area contributed by atoms with E-state index < -0.39 is 23.2 Å². The van der Waals surface area contributed by atoms with Gasteiger partial charge in [0.2, 0.25) is 0 Å². The molecule has 22 heavy (non-hydrogen) atoms. The van der Waals surface area contributed by atoms with Gasteiger partial charge in [0.25, 0.3) is 5.91 Å². The molecule has 1 aromatic carbocycles. The fourth-order valence-corrected chi connectivity index (χ4v) is 1.67. The number of amides is 1. The Hall–Kier alpha value is -2.88. The van der Waals surface area contributed by atoms with Gasteiger partial charge in [0.1, 0.15) is 11.9 Å². The minimum absolute atomic E-state index is 0.207. The molecule has 1 N–H and O–H groups in total. The van der Waals surface area contributed by atoms with Gasteiger partial charge in [0, 0.05) is 11.8 Å². The molecule has 0 saturated heterocycles. The molecule has 0 atom stereocenters. The van der Waals surface area contributed by atoms with Crippen molar-refractivity contribution in [3.8, 4) is 6.07 Å². The maximum absolute atomic E-state index is 13.9. The molecule has 1 amide bonds. The summed E-state index contributed by atoms with van der Waals surface area (Å²) in [7, 11) is 0. The van der Waals surface area contributed by atoms with Crippen molar-refractivity contribution in [2.24, 2.45) is 0 Å². The summed E-state index contributed by atoms with van der Waals surface area (Å²) < 4.78 is 40.5. The van der Waals surface area contributed by atoms with Crippen LogP contribution in [0.4, 0.5) is 13.2 Å². The van der Waals surface area contributed by atoms with Crippen LogP contribution in [0.2, 0.25) is 0 Å². The van der Waals surface area contributed by atoms with E-state index in [2.05, 4.69) is 10.3 Å². The molecular formula is C15H10F3N3O. The SMILES string of the molecule is N#Cc1ccc(CNC(=O)C(F)(F)c2ccc(F)cc2)nc1. The van der Waals surface area contributed by atoms with Crippen molar-refractivity contribution in [1.82, 2.24) is 10.3 Å². The summed E-state index contributed by atoms with van der Waals surface area (Å²) in [6, 6.07) is 8.22. The maximum Gasteiger partial charge on any atom is 0.349 e. The van der Waals surface area contributed by atoms with Gasteiger partial charge in [0.05, 0.1) is 17.8 Å². The number of nitriles is 1. The Morgan fingerprint density at radius 1 is 1.23 bits per heavy atom. The summed E-state index contributed by atoms with van der Waals surface area (Å²) in [6.07, 6.45) is 1.28. The molecule has 0 saturated carbocycles. The van der Waals surface area contributed by atoms with E-state index >= 15 is 0 Å². The molecule has 0 fully saturated rings. The van der Waals surface area contributed by atoms with Crippen LogP contribution in [0.25, 0.3) is 0 Å². The number of hydrogen-bond donors (Lipinski definition) is 1. The molecule has 0 aliphatic heterocycles. The first kappa shape index (κ1) is 15.5. The third-order valence-corrected chi connectivity index (χ3v) is 2.88. The average molecular weight is 305 g/mol. The molecule has 2 aromatic rings. The first-order valence-corrected chi connectivity index (χ1v) is 6.20. The molecule has 0 bridgehead atoms. The summed E-state index contributed by atoms with van der Waals surface area (Å²) in [5.41, 5.74) is 0.0631. The molecule has 2 rings (SSSR count). The zero-order valence-corrected chi connectivity index (χ0v) is 11.2. The standard InChI is InChI=1S/C15H10F3N3O/c16-12-4-2-11(3-5-12)15(17,18)14(22)21-9-13-6-1-10(7-19)8-20-13/h1-6,8H,9H2,(H,21,22). The highest BCUT2D eigenvalue weighted by molar-refractivity contribution is 5.84. The Morgan fingerprint density at radius 3 is 2.45 bits per heavy atom. The van der Waals surface area contributed by atoms with Crippen molar-refractivity contribution in [3.05, 3.63) is 65.2 Å². The summed E-state index contributed by atoms with van der Waals surface area (Å²) in [5.74, 6) is -5.95. The lowest BCUT2D eigenvalue weighted by molar-refractivity contribution is -0.147. The molecule has 1 heterocycles. The lowest BCUT2D eigenvalue weighted by atomic mass is 10.1. The largest absolute Gasteiger partial charge is 0.349 e. The third kappa shape index (κ3) is 3.41. The minimum atomic E-state index is -3.78. The summed E-state index contributed by atoms with van der Waals surface area (Å²) in [6.45, 7) is -0.207. The number of nitrogens with zero attached hydrogens (tertiary/aromatic N) is 2. The molecule has 112 valence electrons. The molecule has 7 heteroatoms. The Balaban J connectivity index is 2.04. The van der Waals surface area contributed by atoms with Crippen molar-refractivity contribution in [2.45, 2.75) is 12.5 Å². The van der Waals surface area contributed by atoms with Gasteiger partial charge >= 0.3 is 5.92 Å². The van der Waals surface area contributed by atoms with Gasteiger partial charge in [-0.2, -0.15) is 14.0 Å². The van der Waals surface area contributed by atoms with Crippen LogP contribution in [-0.4, -0.2) is 10.9 Å². The van der Waals surface area contributed by atoms with Gasteiger partial charge in [-0.25, -0.2) is 4.39 Å². The van der Waals surface area contributed by atoms with Crippen LogP contribution in [0.15, 0.2) is 42.6 Å². The maximum atomic E-state index is 13.9. The first-order chi connectivity index (χ1) is 10.4. The van der Waals surface area contributed by atoms with Crippen LogP contribution in [-0.2, 0) is 17.3 Å². The fraction of sp³-hybridized carbons (Fsp3) is 0.133. The van der Waals surface area contributed by atoms with Gasteiger partial charge in [-0.3, -0.25) is 9.78 Å². The zero-order valence-electron chi connectivity index (χ0n) is 11.2. The summed E-state index contributed by atoms with van der Waals surface area (Å²) >= 11 is 0. The fourth-order valence-electron chi connectivity index (χ4n) is 1.67. The highest BCUT2D eigenvalue weighted by atomic mass is 19.3. The number of carbonyl (C=O) groups excluding carboxylic acids is 1. The zero-order chi connectivity index (χ0) is 16.2. The van der Waals surface area contributed by atoms with Crippen molar-refractivity contribution in [1.29, 1.82) is 5.26 Å². The number of carbonyl (C=O) groups is 1. The van der Waals surface area contributed by atoms with Gasteiger partial charge in [0.15, 0.2) is 0 Å². The number of pyridine rings is 1. The molecular weight excluding hydrogens is 295 g/mol. The van der Waals surface area contributed by atoms with Crippen LogP contribution in [0.1, 0.15) is 16.8 Å². The average Bonchev–Trinajstić information content (AvgIpc) is 2.53. The normalized spacial score (nSPS) is 10.8. The van der Waals surface area contributed by atoms with Crippen molar-refractivity contribution < 1.29 is 18.0 Å². The molecule has 0 unspecified atom stereocenters. The molecule has 0 radical (unpaired) electrons. The third-order valence-electron chi connectivity index (χ3n) is 2.88. The number of nitrogens with one attached hydrogen (secondary N) is 1. The molecule has 0 spiro atoms. The van der Waals surface area contributed by atoms with E-state index in [0.717, 1.165) is 24.3 Å². The highest BCUT2D eigenvalue weighted by Crippen LogP contribution is 2.28. The number of rotatable bonds is 4. The van der Waals surface area contributed by atoms with Crippen molar-refractivity contribution >= 4 is 5.91 Å². The minimum Gasteiger partial charge on any atom is -0.345 e. The van der Waals surface area contributed by atoms with Gasteiger partial charge < -0.3 is 5.32 Å². The summed E-state index contributed by atoms with van der Waals surface area (Å²) in [5, 5.41) is 10.7. The van der Waals surface area contributed by atoms with Crippen molar-refractivity contribution in [3.63, 3.8) is 0 Å². The van der Waals surface area contributed by atoms with Crippen LogP contribution < -0.4 is 5.32 Å². The lowest BCUT2D eigenvalue weighted by Crippen LogP contribution is -2.37. The van der Waals surface area contributed by atoms with Gasteiger partial charge in [-0.05, 0) is 36.4 Å². The highest BCUT2D eigenvalue weighted by Gasteiger charge is 2.40. The van der Waals surface area contributed by atoms with Crippen LogP contribution in [0, 0.1) is 17.1 Å². The molecule has 1 aromatic heterocycles. The summed E-state index contributed by atoms with van der Waals surface area (Å²) in [4.78, 5) is 15.5.